The highest BCUT2D eigenvalue weighted by Crippen LogP contribution is 2.35. The third-order valence-electron chi connectivity index (χ3n) is 5.29. The van der Waals surface area contributed by atoms with E-state index in [0.29, 0.717) is 24.0 Å². The summed E-state index contributed by atoms with van der Waals surface area (Å²) >= 11 is 1.99. The largest absolute Gasteiger partial charge is 0.481 e. The molecule has 0 aromatic heterocycles. The molecule has 0 aromatic carbocycles. The Hall–Kier alpha value is -1.13. The topological polar surface area (TPSA) is 88.5 Å². The summed E-state index contributed by atoms with van der Waals surface area (Å²) in [5.74, 6) is 3.16. The summed E-state index contributed by atoms with van der Waals surface area (Å²) in [5, 5.41) is 8.57. The Labute approximate surface area is 188 Å². The summed E-state index contributed by atoms with van der Waals surface area (Å²) in [4.78, 5) is 38.9. The molecular formula is C24H44O5S. The highest BCUT2D eigenvalue weighted by molar-refractivity contribution is 7.99. The van der Waals surface area contributed by atoms with Crippen molar-refractivity contribution in [1.29, 1.82) is 0 Å². The van der Waals surface area contributed by atoms with Crippen molar-refractivity contribution in [2.75, 3.05) is 11.5 Å². The van der Waals surface area contributed by atoms with Gasteiger partial charge in [0.2, 0.25) is 0 Å². The molecule has 0 heterocycles. The Bertz CT molecular complexity index is 476. The van der Waals surface area contributed by atoms with Gasteiger partial charge in [-0.05, 0) is 54.4 Å². The molecule has 0 aliphatic carbocycles. The van der Waals surface area contributed by atoms with E-state index in [1.165, 1.54) is 31.4 Å². The highest BCUT2D eigenvalue weighted by Gasteiger charge is 2.29. The fourth-order valence-corrected chi connectivity index (χ4v) is 4.73. The van der Waals surface area contributed by atoms with Crippen LogP contribution in [0.25, 0.3) is 0 Å². The minimum Gasteiger partial charge on any atom is -0.481 e. The molecule has 1 N–H and O–H groups in total. The van der Waals surface area contributed by atoms with Gasteiger partial charge in [-0.25, -0.2) is 0 Å². The summed E-state index contributed by atoms with van der Waals surface area (Å²) in [7, 11) is 0. The van der Waals surface area contributed by atoms with Crippen LogP contribution < -0.4 is 0 Å². The van der Waals surface area contributed by atoms with E-state index in [9.17, 15) is 9.59 Å². The number of ketones is 1. The number of carboxylic acid groups (broad SMARTS) is 1. The molecule has 0 spiro atoms. The van der Waals surface area contributed by atoms with Crippen molar-refractivity contribution in [2.45, 2.75) is 105 Å². The van der Waals surface area contributed by atoms with Crippen molar-refractivity contribution in [1.82, 2.24) is 0 Å². The van der Waals surface area contributed by atoms with Crippen molar-refractivity contribution in [3.05, 3.63) is 0 Å². The number of hydrogen-bond donors (Lipinski definition) is 1. The maximum atomic E-state index is 12.3. The lowest BCUT2D eigenvalue weighted by Gasteiger charge is -2.33. The molecule has 176 valence electrons. The Morgan fingerprint density at radius 3 is 1.73 bits per heavy atom. The number of carboxylic acids is 1. The molecular weight excluding hydrogens is 400 g/mol. The molecule has 6 heteroatoms. The van der Waals surface area contributed by atoms with Crippen molar-refractivity contribution in [3.63, 3.8) is 0 Å². The maximum absolute atomic E-state index is 12.3. The molecule has 30 heavy (non-hydrogen) atoms. The zero-order chi connectivity index (χ0) is 23.4. The smallest absolute Gasteiger partial charge is 0.373 e. The van der Waals surface area contributed by atoms with Gasteiger partial charge < -0.3 is 5.11 Å². The number of thioether (sulfide) groups is 1. The van der Waals surface area contributed by atoms with Gasteiger partial charge in [0, 0.05) is 19.3 Å². The zero-order valence-electron chi connectivity index (χ0n) is 19.8. The van der Waals surface area contributed by atoms with E-state index < -0.39 is 5.97 Å². The zero-order valence-corrected chi connectivity index (χ0v) is 20.7. The lowest BCUT2D eigenvalue weighted by Crippen LogP contribution is -2.27. The molecule has 0 saturated carbocycles. The summed E-state index contributed by atoms with van der Waals surface area (Å²) in [6.45, 7) is 11.2. The number of carbonyl (C=O) groups excluding carboxylic acids is 3. The average Bonchev–Trinajstić information content (AvgIpc) is 2.62. The Kier molecular flexibility index (Phi) is 20.5. The van der Waals surface area contributed by atoms with E-state index in [-0.39, 0.29) is 11.6 Å². The lowest BCUT2D eigenvalue weighted by atomic mass is 9.71. The number of unbranched alkanes of at least 4 members (excludes halogenated alkanes) is 6. The van der Waals surface area contributed by atoms with E-state index in [0.717, 1.165) is 44.3 Å². The van der Waals surface area contributed by atoms with Crippen LogP contribution in [0.2, 0.25) is 0 Å². The summed E-state index contributed by atoms with van der Waals surface area (Å²) < 4.78 is 0. The first-order chi connectivity index (χ1) is 14.1. The van der Waals surface area contributed by atoms with Crippen LogP contribution in [-0.4, -0.2) is 34.5 Å². The van der Waals surface area contributed by atoms with Crippen LogP contribution in [0.4, 0.5) is 0 Å². The van der Waals surface area contributed by atoms with Crippen LogP contribution in [0.3, 0.4) is 0 Å². The molecule has 1 unspecified atom stereocenters. The number of rotatable bonds is 17. The quantitative estimate of drug-likeness (QED) is 0.261. The first-order valence-electron chi connectivity index (χ1n) is 11.4. The molecule has 0 aliphatic heterocycles. The Morgan fingerprint density at radius 1 is 0.833 bits per heavy atom. The van der Waals surface area contributed by atoms with E-state index in [1.54, 1.807) is 0 Å². The predicted octanol–water partition coefficient (Wildman–Crippen LogP) is 6.40. The van der Waals surface area contributed by atoms with Crippen molar-refractivity contribution in [3.8, 4) is 0 Å². The van der Waals surface area contributed by atoms with Crippen LogP contribution in [0, 0.1) is 17.3 Å². The van der Waals surface area contributed by atoms with Crippen molar-refractivity contribution >= 4 is 29.7 Å². The number of hydrogen-bond acceptors (Lipinski definition) is 5. The minimum absolute atomic E-state index is 0.206. The third kappa shape index (κ3) is 21.6. The first kappa shape index (κ1) is 31.1. The fraction of sp³-hybridized carbons (Fsp3) is 0.875. The van der Waals surface area contributed by atoms with Gasteiger partial charge in [-0.15, -0.1) is 0 Å². The van der Waals surface area contributed by atoms with E-state index >= 15 is 0 Å². The average molecular weight is 445 g/mol. The lowest BCUT2D eigenvalue weighted by molar-refractivity contribution is -0.191. The Balaban J connectivity index is 0. The molecule has 5 nitrogen and oxygen atoms in total. The van der Waals surface area contributed by atoms with E-state index in [2.05, 4.69) is 34.6 Å². The molecule has 0 bridgehead atoms. The number of Topliss-reactive ketones (excluding diaryl/α,β-unsaturated/α-hetero) is 1. The molecule has 0 saturated heterocycles. The monoisotopic (exact) mass is 444 g/mol. The molecule has 0 amide bonds. The molecule has 1 atom stereocenters. The van der Waals surface area contributed by atoms with E-state index in [1.807, 2.05) is 11.8 Å². The Morgan fingerprint density at radius 2 is 1.27 bits per heavy atom. The van der Waals surface area contributed by atoms with Crippen LogP contribution in [-0.2, 0) is 19.2 Å². The molecule has 0 radical (unpaired) electrons. The third-order valence-corrected chi connectivity index (χ3v) is 6.44. The summed E-state index contributed by atoms with van der Waals surface area (Å²) in [6, 6.07) is 0. The van der Waals surface area contributed by atoms with Crippen LogP contribution in [0.5, 0.6) is 0 Å². The second-order valence-electron chi connectivity index (χ2n) is 9.38. The normalized spacial score (nSPS) is 12.1. The highest BCUT2D eigenvalue weighted by atomic mass is 32.2. The van der Waals surface area contributed by atoms with Gasteiger partial charge in [-0.2, -0.15) is 21.4 Å². The van der Waals surface area contributed by atoms with Crippen LogP contribution >= 0.6 is 11.8 Å². The van der Waals surface area contributed by atoms with Gasteiger partial charge in [0.25, 0.3) is 0 Å². The minimum atomic E-state index is -0.682. The summed E-state index contributed by atoms with van der Waals surface area (Å²) in [6.07, 6.45) is 11.0. The van der Waals surface area contributed by atoms with Gasteiger partial charge in [0.05, 0.1) is 0 Å². The van der Waals surface area contributed by atoms with Gasteiger partial charge in [0.15, 0.2) is 0 Å². The van der Waals surface area contributed by atoms with Gasteiger partial charge >= 0.3 is 12.1 Å². The van der Waals surface area contributed by atoms with Crippen molar-refractivity contribution in [2.24, 2.45) is 17.3 Å². The van der Waals surface area contributed by atoms with Crippen molar-refractivity contribution < 1.29 is 24.3 Å². The fourth-order valence-electron chi connectivity index (χ4n) is 3.71. The molecule has 0 rings (SSSR count). The van der Waals surface area contributed by atoms with Gasteiger partial charge in [-0.1, -0.05) is 60.3 Å². The number of carbonyl (C=O) groups is 2. The standard InChI is InChI=1S/C23H44O3S.CO2/c1-19(2)21(23(3,4)5)18-20(24)14-10-7-6-8-12-16-27-17-13-9-11-15-22(25)26;2-1-3/h19,21H,6-18H2,1-5H3,(H,25,26);. The van der Waals surface area contributed by atoms with E-state index in [4.69, 9.17) is 14.7 Å². The van der Waals surface area contributed by atoms with Crippen LogP contribution in [0.1, 0.15) is 105 Å². The second kappa shape index (κ2) is 19.8. The number of aliphatic carboxylic acids is 1. The van der Waals surface area contributed by atoms with Crippen LogP contribution in [0.15, 0.2) is 0 Å². The molecule has 0 aromatic rings. The van der Waals surface area contributed by atoms with Gasteiger partial charge in [-0.3, -0.25) is 9.59 Å². The molecule has 0 aliphatic rings. The van der Waals surface area contributed by atoms with Gasteiger partial charge in [0.1, 0.15) is 5.78 Å². The maximum Gasteiger partial charge on any atom is 0.373 e. The SMILES string of the molecule is CC(C)C(CC(=O)CCCCCCCSCCCCCC(=O)O)C(C)(C)C.O=C=O. The first-order valence-corrected chi connectivity index (χ1v) is 12.5. The predicted molar refractivity (Wildman–Crippen MR) is 124 cm³/mol. The second-order valence-corrected chi connectivity index (χ2v) is 10.6. The summed E-state index contributed by atoms with van der Waals surface area (Å²) in [5.41, 5.74) is 0.206. The molecule has 0 fully saturated rings.